The van der Waals surface area contributed by atoms with E-state index in [4.69, 9.17) is 0 Å². The molecule has 0 bridgehead atoms. The molecule has 1 aromatic carbocycles. The molecule has 138 valence electrons. The first-order chi connectivity index (χ1) is 12.5. The summed E-state index contributed by atoms with van der Waals surface area (Å²) in [5.74, 6) is -0.729. The quantitative estimate of drug-likeness (QED) is 0.543. The van der Waals surface area contributed by atoms with Crippen molar-refractivity contribution in [2.45, 2.75) is 24.8 Å². The average molecular weight is 376 g/mol. The normalized spacial score (nSPS) is 11.8. The Morgan fingerprint density at radius 3 is 2.81 bits per heavy atom. The van der Waals surface area contributed by atoms with Crippen LogP contribution in [0.2, 0.25) is 0 Å². The van der Waals surface area contributed by atoms with E-state index in [0.717, 1.165) is 16.5 Å². The van der Waals surface area contributed by atoms with Crippen molar-refractivity contribution < 1.29 is 17.9 Å². The van der Waals surface area contributed by atoms with Crippen molar-refractivity contribution in [1.82, 2.24) is 19.9 Å². The predicted molar refractivity (Wildman–Crippen MR) is 96.5 cm³/mol. The van der Waals surface area contributed by atoms with E-state index in [1.54, 1.807) is 6.92 Å². The van der Waals surface area contributed by atoms with Gasteiger partial charge in [-0.25, -0.2) is 17.9 Å². The Bertz CT molecular complexity index is 1040. The molecule has 0 aliphatic carbocycles. The Morgan fingerprint density at radius 1 is 1.31 bits per heavy atom. The van der Waals surface area contributed by atoms with Crippen LogP contribution in [0, 0.1) is 0 Å². The maximum absolute atomic E-state index is 12.6. The zero-order valence-electron chi connectivity index (χ0n) is 14.5. The molecule has 0 aliphatic heterocycles. The van der Waals surface area contributed by atoms with Gasteiger partial charge in [0, 0.05) is 23.6 Å². The molecule has 8 nitrogen and oxygen atoms in total. The number of fused-ring (bicyclic) bond motifs is 1. The summed E-state index contributed by atoms with van der Waals surface area (Å²) in [4.78, 5) is 15.1. The first-order valence-electron chi connectivity index (χ1n) is 8.18. The SMILES string of the molecule is CCc1[nH]nc(S(=O)(=O)NCCc2c[nH]c3ccccc23)c1C(=O)OC. The summed E-state index contributed by atoms with van der Waals surface area (Å²) in [7, 11) is -2.74. The molecule has 0 saturated carbocycles. The van der Waals surface area contributed by atoms with E-state index in [1.165, 1.54) is 7.11 Å². The molecule has 3 N–H and O–H groups in total. The van der Waals surface area contributed by atoms with Gasteiger partial charge in [0.25, 0.3) is 10.0 Å². The van der Waals surface area contributed by atoms with Crippen LogP contribution >= 0.6 is 0 Å². The van der Waals surface area contributed by atoms with Gasteiger partial charge in [-0.3, -0.25) is 5.10 Å². The molecule has 2 aromatic heterocycles. The molecule has 3 rings (SSSR count). The summed E-state index contributed by atoms with van der Waals surface area (Å²) in [5.41, 5.74) is 2.38. The van der Waals surface area contributed by atoms with Crippen LogP contribution in [0.15, 0.2) is 35.5 Å². The predicted octanol–water partition coefficient (Wildman–Crippen LogP) is 1.76. The Hall–Kier alpha value is -2.65. The fourth-order valence-corrected chi connectivity index (χ4v) is 4.00. The minimum absolute atomic E-state index is 0.0467. The molecule has 26 heavy (non-hydrogen) atoms. The molecule has 0 unspecified atom stereocenters. The van der Waals surface area contributed by atoms with Crippen LogP contribution in [0.5, 0.6) is 0 Å². The third kappa shape index (κ3) is 3.35. The third-order valence-electron chi connectivity index (χ3n) is 4.17. The van der Waals surface area contributed by atoms with Gasteiger partial charge >= 0.3 is 5.97 Å². The molecule has 0 radical (unpaired) electrons. The highest BCUT2D eigenvalue weighted by atomic mass is 32.2. The number of nitrogens with one attached hydrogen (secondary N) is 3. The molecule has 9 heteroatoms. The molecule has 0 amide bonds. The lowest BCUT2D eigenvalue weighted by Crippen LogP contribution is -2.28. The van der Waals surface area contributed by atoms with Crippen LogP contribution in [-0.4, -0.2) is 43.2 Å². The lowest BCUT2D eigenvalue weighted by Gasteiger charge is -2.06. The molecule has 0 saturated heterocycles. The molecule has 0 fully saturated rings. The number of ether oxygens (including phenoxy) is 1. The van der Waals surface area contributed by atoms with Gasteiger partial charge in [0.05, 0.1) is 12.8 Å². The fraction of sp³-hybridized carbons (Fsp3) is 0.294. The molecule has 3 aromatic rings. The van der Waals surface area contributed by atoms with Crippen molar-refractivity contribution in [1.29, 1.82) is 0 Å². The Kier molecular flexibility index (Phi) is 5.10. The first-order valence-corrected chi connectivity index (χ1v) is 9.66. The highest BCUT2D eigenvalue weighted by Crippen LogP contribution is 2.20. The van der Waals surface area contributed by atoms with Crippen LogP contribution in [0.1, 0.15) is 28.5 Å². The monoisotopic (exact) mass is 376 g/mol. The Morgan fingerprint density at radius 2 is 2.08 bits per heavy atom. The second-order valence-electron chi connectivity index (χ2n) is 5.73. The van der Waals surface area contributed by atoms with Gasteiger partial charge in [-0.2, -0.15) is 5.10 Å². The minimum atomic E-state index is -3.95. The van der Waals surface area contributed by atoms with Crippen LogP contribution in [0.25, 0.3) is 10.9 Å². The van der Waals surface area contributed by atoms with Crippen molar-refractivity contribution in [2.24, 2.45) is 0 Å². The molecular weight excluding hydrogens is 356 g/mol. The molecule has 0 atom stereocenters. The number of rotatable bonds is 7. The van der Waals surface area contributed by atoms with Gasteiger partial charge in [-0.15, -0.1) is 0 Å². The first kappa shape index (κ1) is 18.2. The van der Waals surface area contributed by atoms with E-state index in [2.05, 4.69) is 24.6 Å². The molecule has 0 aliphatic rings. The van der Waals surface area contributed by atoms with Gasteiger partial charge in [0.15, 0.2) is 0 Å². The summed E-state index contributed by atoms with van der Waals surface area (Å²) in [6.07, 6.45) is 2.80. The summed E-state index contributed by atoms with van der Waals surface area (Å²) in [6.45, 7) is 1.97. The van der Waals surface area contributed by atoms with Crippen LogP contribution in [-0.2, 0) is 27.6 Å². The van der Waals surface area contributed by atoms with E-state index in [9.17, 15) is 13.2 Å². The summed E-state index contributed by atoms with van der Waals surface area (Å²) in [6, 6.07) is 7.80. The number of esters is 1. The second kappa shape index (κ2) is 7.30. The standard InChI is InChI=1S/C17H20N4O4S/c1-3-13-15(17(22)25-2)16(21-20-13)26(23,24)19-9-8-11-10-18-14-7-5-4-6-12(11)14/h4-7,10,18-19H,3,8-9H2,1-2H3,(H,20,21). The summed E-state index contributed by atoms with van der Waals surface area (Å²) < 4.78 is 32.4. The Balaban J connectivity index is 1.77. The number of methoxy groups -OCH3 is 1. The van der Waals surface area contributed by atoms with E-state index in [1.807, 2.05) is 30.5 Å². The maximum Gasteiger partial charge on any atom is 0.342 e. The molecule has 0 spiro atoms. The highest BCUT2D eigenvalue weighted by molar-refractivity contribution is 7.89. The zero-order valence-corrected chi connectivity index (χ0v) is 15.3. The molecular formula is C17H20N4O4S. The second-order valence-corrected chi connectivity index (χ2v) is 7.42. The third-order valence-corrected chi connectivity index (χ3v) is 5.56. The number of benzene rings is 1. The number of hydrogen-bond acceptors (Lipinski definition) is 5. The van der Waals surface area contributed by atoms with E-state index < -0.39 is 16.0 Å². The highest BCUT2D eigenvalue weighted by Gasteiger charge is 2.29. The van der Waals surface area contributed by atoms with E-state index in [0.29, 0.717) is 18.5 Å². The number of carbonyl (C=O) groups excluding carboxylic acids is 1. The van der Waals surface area contributed by atoms with Crippen molar-refractivity contribution in [3.63, 3.8) is 0 Å². The minimum Gasteiger partial charge on any atom is -0.465 e. The van der Waals surface area contributed by atoms with Crippen molar-refractivity contribution in [3.05, 3.63) is 47.3 Å². The zero-order chi connectivity index (χ0) is 18.7. The average Bonchev–Trinajstić information content (AvgIpc) is 3.25. The van der Waals surface area contributed by atoms with Crippen LogP contribution in [0.3, 0.4) is 0 Å². The lowest BCUT2D eigenvalue weighted by molar-refractivity contribution is 0.0595. The number of aryl methyl sites for hydroxylation is 1. The summed E-state index contributed by atoms with van der Waals surface area (Å²) >= 11 is 0. The fourth-order valence-electron chi connectivity index (χ4n) is 2.85. The molecule has 2 heterocycles. The van der Waals surface area contributed by atoms with Crippen molar-refractivity contribution in [2.75, 3.05) is 13.7 Å². The Labute approximate surface area is 151 Å². The number of H-pyrrole nitrogens is 2. The largest absolute Gasteiger partial charge is 0.465 e. The van der Waals surface area contributed by atoms with Gasteiger partial charge in [-0.05, 0) is 24.5 Å². The number of carbonyl (C=O) groups is 1. The number of para-hydroxylation sites is 1. The maximum atomic E-state index is 12.6. The smallest absolute Gasteiger partial charge is 0.342 e. The van der Waals surface area contributed by atoms with Gasteiger partial charge in [0.1, 0.15) is 5.56 Å². The van der Waals surface area contributed by atoms with Gasteiger partial charge in [0.2, 0.25) is 5.03 Å². The number of nitrogens with zero attached hydrogens (tertiary/aromatic N) is 1. The van der Waals surface area contributed by atoms with Crippen LogP contribution < -0.4 is 4.72 Å². The van der Waals surface area contributed by atoms with Crippen molar-refractivity contribution in [3.8, 4) is 0 Å². The lowest BCUT2D eigenvalue weighted by atomic mass is 10.1. The number of aromatic nitrogens is 3. The van der Waals surface area contributed by atoms with Gasteiger partial charge in [-0.1, -0.05) is 25.1 Å². The summed E-state index contributed by atoms with van der Waals surface area (Å²) in [5, 5.41) is 7.13. The van der Waals surface area contributed by atoms with Crippen molar-refractivity contribution >= 4 is 26.9 Å². The van der Waals surface area contributed by atoms with Crippen LogP contribution in [0.4, 0.5) is 0 Å². The number of aromatic amines is 2. The van der Waals surface area contributed by atoms with Gasteiger partial charge < -0.3 is 9.72 Å². The van der Waals surface area contributed by atoms with E-state index >= 15 is 0 Å². The topological polar surface area (TPSA) is 117 Å². The van der Waals surface area contributed by atoms with E-state index in [-0.39, 0.29) is 17.1 Å². The number of sulfonamides is 1. The number of hydrogen-bond donors (Lipinski definition) is 3.